The molecule has 5 rings (SSSR count). The van der Waals surface area contributed by atoms with Crippen molar-refractivity contribution in [1.82, 2.24) is 13.9 Å². The van der Waals surface area contributed by atoms with Gasteiger partial charge in [0.05, 0.1) is 39.5 Å². The van der Waals surface area contributed by atoms with Crippen LogP contribution in [0.4, 0.5) is 17.1 Å². The van der Waals surface area contributed by atoms with E-state index in [0.29, 0.717) is 63.3 Å². The zero-order valence-corrected chi connectivity index (χ0v) is 24.7. The van der Waals surface area contributed by atoms with Gasteiger partial charge in [0.15, 0.2) is 0 Å². The molecule has 3 aromatic carbocycles. The van der Waals surface area contributed by atoms with Gasteiger partial charge in [-0.15, -0.1) is 0 Å². The van der Waals surface area contributed by atoms with Crippen molar-refractivity contribution in [2.24, 2.45) is 0 Å². The molecule has 5 aromatic rings. The lowest BCUT2D eigenvalue weighted by Crippen LogP contribution is -2.13. The Bertz CT molecular complexity index is 1990. The highest BCUT2D eigenvalue weighted by Crippen LogP contribution is 2.37. The minimum Gasteiger partial charge on any atom is -0.492 e. The molecular weight excluding hydrogens is 564 g/mol. The molecule has 0 aliphatic rings. The van der Waals surface area contributed by atoms with Gasteiger partial charge in [0.1, 0.15) is 11.8 Å². The number of fused-ring (bicyclic) bond motifs is 2. The molecular formula is C32H30N6O4S. The van der Waals surface area contributed by atoms with Crippen molar-refractivity contribution in [2.45, 2.75) is 11.8 Å². The molecule has 43 heavy (non-hydrogen) atoms. The molecule has 11 heteroatoms. The van der Waals surface area contributed by atoms with Crippen molar-refractivity contribution < 1.29 is 17.9 Å². The van der Waals surface area contributed by atoms with Crippen LogP contribution in [0.25, 0.3) is 21.8 Å². The van der Waals surface area contributed by atoms with Crippen molar-refractivity contribution in [3.63, 3.8) is 0 Å². The van der Waals surface area contributed by atoms with E-state index in [-0.39, 0.29) is 10.8 Å². The lowest BCUT2D eigenvalue weighted by molar-refractivity contribution is -0.111. The molecule has 0 spiro atoms. The van der Waals surface area contributed by atoms with Crippen LogP contribution in [0.5, 0.6) is 5.75 Å². The fourth-order valence-corrected chi connectivity index (χ4v) is 5.99. The zero-order chi connectivity index (χ0) is 30.6. The summed E-state index contributed by atoms with van der Waals surface area (Å²) in [4.78, 5) is 19.3. The number of nitrogens with zero attached hydrogens (tertiary/aromatic N) is 4. The Morgan fingerprint density at radius 1 is 1.12 bits per heavy atom. The first-order chi connectivity index (χ1) is 20.7. The van der Waals surface area contributed by atoms with Gasteiger partial charge >= 0.3 is 0 Å². The Labute approximate surface area is 249 Å². The van der Waals surface area contributed by atoms with Gasteiger partial charge in [0, 0.05) is 47.5 Å². The largest absolute Gasteiger partial charge is 0.492 e. The second-order valence-electron chi connectivity index (χ2n) is 9.94. The molecule has 0 saturated heterocycles. The maximum absolute atomic E-state index is 13.2. The summed E-state index contributed by atoms with van der Waals surface area (Å²) in [6.45, 7) is 2.84. The Morgan fingerprint density at radius 3 is 2.63 bits per heavy atom. The number of hydrogen-bond acceptors (Lipinski definition) is 8. The third-order valence-corrected chi connectivity index (χ3v) is 8.32. The van der Waals surface area contributed by atoms with Crippen molar-refractivity contribution in [2.75, 3.05) is 37.9 Å². The molecule has 0 aliphatic carbocycles. The molecule has 1 amide bonds. The second-order valence-corrected chi connectivity index (χ2v) is 11.8. The molecule has 2 aromatic heterocycles. The predicted octanol–water partition coefficient (Wildman–Crippen LogP) is 5.50. The van der Waals surface area contributed by atoms with Crippen LogP contribution in [0, 0.1) is 11.3 Å². The summed E-state index contributed by atoms with van der Waals surface area (Å²) in [5.74, 6) is 0.136. The van der Waals surface area contributed by atoms with Crippen LogP contribution in [0.15, 0.2) is 96.2 Å². The number of amides is 1. The van der Waals surface area contributed by atoms with Crippen molar-refractivity contribution in [1.29, 1.82) is 5.26 Å². The Balaban J connectivity index is 1.53. The number of benzene rings is 3. The fourth-order valence-electron chi connectivity index (χ4n) is 4.61. The molecule has 0 radical (unpaired) electrons. The van der Waals surface area contributed by atoms with Crippen molar-refractivity contribution >= 4 is 54.8 Å². The van der Waals surface area contributed by atoms with E-state index in [1.165, 1.54) is 22.4 Å². The van der Waals surface area contributed by atoms with Crippen LogP contribution in [-0.4, -0.2) is 55.4 Å². The number of pyridine rings is 1. The minimum atomic E-state index is -3.78. The lowest BCUT2D eigenvalue weighted by Gasteiger charge is -2.16. The summed E-state index contributed by atoms with van der Waals surface area (Å²) in [5.41, 5.74) is 2.94. The summed E-state index contributed by atoms with van der Waals surface area (Å²) < 4.78 is 33.5. The Hall–Kier alpha value is -5.18. The van der Waals surface area contributed by atoms with Crippen LogP contribution in [-0.2, 0) is 14.8 Å². The molecule has 218 valence electrons. The molecule has 0 fully saturated rings. The standard InChI is InChI=1S/C32H30N6O4S/c1-4-42-30-19-27-26(18-28(30)36-31(39)11-8-15-37(2)3)32(23(20-33)21-34-27)35-24-12-13-29-22(17-24)14-16-38(29)43(40,41)25-9-6-5-7-10-25/h5-14,16-19,21H,4,15H2,1-3H3,(H,34,35)(H,36,39)/b11-8+. The van der Waals surface area contributed by atoms with Gasteiger partial charge in [-0.05, 0) is 63.5 Å². The van der Waals surface area contributed by atoms with Gasteiger partial charge in [-0.3, -0.25) is 9.78 Å². The summed E-state index contributed by atoms with van der Waals surface area (Å²) in [6, 6.07) is 20.9. The SMILES string of the molecule is CCOc1cc2ncc(C#N)c(Nc3ccc4c(ccn4S(=O)(=O)c4ccccc4)c3)c2cc1NC(=O)/C=C/CN(C)C. The maximum Gasteiger partial charge on any atom is 0.268 e. The molecule has 0 atom stereocenters. The number of nitrogens with one attached hydrogen (secondary N) is 2. The average molecular weight is 595 g/mol. The molecule has 10 nitrogen and oxygen atoms in total. The number of carbonyl (C=O) groups is 1. The van der Waals surface area contributed by atoms with Crippen LogP contribution in [0.2, 0.25) is 0 Å². The average Bonchev–Trinajstić information content (AvgIpc) is 3.42. The number of anilines is 3. The highest BCUT2D eigenvalue weighted by atomic mass is 32.2. The van der Waals surface area contributed by atoms with E-state index in [9.17, 15) is 18.5 Å². The van der Waals surface area contributed by atoms with Crippen LogP contribution in [0.1, 0.15) is 12.5 Å². The van der Waals surface area contributed by atoms with Gasteiger partial charge in [-0.1, -0.05) is 24.3 Å². The second kappa shape index (κ2) is 12.4. The number of likely N-dealkylation sites (N-methyl/N-ethyl adjacent to an activating group) is 1. The molecule has 0 bridgehead atoms. The third kappa shape index (κ3) is 6.21. The summed E-state index contributed by atoms with van der Waals surface area (Å²) >= 11 is 0. The summed E-state index contributed by atoms with van der Waals surface area (Å²) in [6.07, 6.45) is 6.22. The van der Waals surface area contributed by atoms with E-state index in [1.54, 1.807) is 66.7 Å². The van der Waals surface area contributed by atoms with E-state index >= 15 is 0 Å². The smallest absolute Gasteiger partial charge is 0.268 e. The van der Waals surface area contributed by atoms with E-state index in [1.807, 2.05) is 32.0 Å². The summed E-state index contributed by atoms with van der Waals surface area (Å²) in [7, 11) is 0.0434. The molecule has 2 heterocycles. The van der Waals surface area contributed by atoms with Crippen molar-refractivity contribution in [3.8, 4) is 11.8 Å². The number of hydrogen-bond donors (Lipinski definition) is 2. The first-order valence-corrected chi connectivity index (χ1v) is 15.0. The Kier molecular flexibility index (Phi) is 8.43. The number of aromatic nitrogens is 2. The number of rotatable bonds is 10. The molecule has 0 saturated carbocycles. The Morgan fingerprint density at radius 2 is 1.91 bits per heavy atom. The highest BCUT2D eigenvalue weighted by Gasteiger charge is 2.19. The molecule has 0 aliphatic heterocycles. The van der Waals surface area contributed by atoms with E-state index < -0.39 is 10.0 Å². The van der Waals surface area contributed by atoms with E-state index in [2.05, 4.69) is 21.7 Å². The van der Waals surface area contributed by atoms with Crippen molar-refractivity contribution in [3.05, 3.63) is 96.8 Å². The number of nitriles is 1. The molecule has 2 N–H and O–H groups in total. The third-order valence-electron chi connectivity index (χ3n) is 6.61. The van der Waals surface area contributed by atoms with Gasteiger partial charge in [-0.25, -0.2) is 12.4 Å². The van der Waals surface area contributed by atoms with Gasteiger partial charge in [0.25, 0.3) is 10.0 Å². The first kappa shape index (κ1) is 29.3. The van der Waals surface area contributed by atoms with Gasteiger partial charge in [-0.2, -0.15) is 5.26 Å². The van der Waals surface area contributed by atoms with E-state index in [0.717, 1.165) is 0 Å². The van der Waals surface area contributed by atoms with Crippen LogP contribution in [0.3, 0.4) is 0 Å². The monoisotopic (exact) mass is 594 g/mol. The number of carbonyl (C=O) groups excluding carboxylic acids is 1. The van der Waals surface area contributed by atoms with Gasteiger partial charge < -0.3 is 20.3 Å². The number of ether oxygens (including phenoxy) is 1. The lowest BCUT2D eigenvalue weighted by atomic mass is 10.1. The quantitative estimate of drug-likeness (QED) is 0.203. The van der Waals surface area contributed by atoms with Gasteiger partial charge in [0.2, 0.25) is 5.91 Å². The van der Waals surface area contributed by atoms with Crippen LogP contribution >= 0.6 is 0 Å². The topological polar surface area (TPSA) is 129 Å². The van der Waals surface area contributed by atoms with Crippen LogP contribution < -0.4 is 15.4 Å². The summed E-state index contributed by atoms with van der Waals surface area (Å²) in [5, 5.41) is 17.4. The highest BCUT2D eigenvalue weighted by molar-refractivity contribution is 7.90. The minimum absolute atomic E-state index is 0.194. The maximum atomic E-state index is 13.2. The molecule has 0 unspecified atom stereocenters. The zero-order valence-electron chi connectivity index (χ0n) is 23.9. The van der Waals surface area contributed by atoms with E-state index in [4.69, 9.17) is 4.74 Å². The first-order valence-electron chi connectivity index (χ1n) is 13.5. The normalized spacial score (nSPS) is 11.7. The predicted molar refractivity (Wildman–Crippen MR) is 168 cm³/mol. The fraction of sp³-hybridized carbons (Fsp3) is 0.156.